The number of hydrogen-bond donors (Lipinski definition) is 0. The molecule has 2 aliphatic heterocycles. The molecular formula is C50H50N10OTi. The van der Waals surface area contributed by atoms with Gasteiger partial charge in [-0.3, -0.25) is 0 Å². The van der Waals surface area contributed by atoms with Crippen LogP contribution in [0.2, 0.25) is 0 Å². The second-order valence-electron chi connectivity index (χ2n) is 11.4. The first-order valence-corrected chi connectivity index (χ1v) is 21.5. The number of aromatic nitrogens is 8. The zero-order chi connectivity index (χ0) is 45.6. The van der Waals surface area contributed by atoms with E-state index in [1.165, 1.54) is 0 Å². The number of hydrogen-bond acceptors (Lipinski definition) is 9. The van der Waals surface area contributed by atoms with Gasteiger partial charge in [0.2, 0.25) is 0 Å². The van der Waals surface area contributed by atoms with E-state index in [1.807, 2.05) is 178 Å². The molecule has 8 bridgehead atoms. The van der Waals surface area contributed by atoms with Gasteiger partial charge < -0.3 is 29.9 Å². The van der Waals surface area contributed by atoms with Crippen LogP contribution in [0.25, 0.3) is 89.7 Å². The Morgan fingerprint density at radius 3 is 0.790 bits per heavy atom. The van der Waals surface area contributed by atoms with E-state index in [0.29, 0.717) is 57.0 Å². The van der Waals surface area contributed by atoms with Crippen LogP contribution < -0.4 is 9.97 Å². The first kappa shape index (κ1) is 49.3. The van der Waals surface area contributed by atoms with Crippen LogP contribution >= 0.6 is 0 Å². The minimum Gasteiger partial charge on any atom is -0.357 e. The van der Waals surface area contributed by atoms with Gasteiger partial charge in [0.05, 0.1) is 34.4 Å². The second-order valence-corrected chi connectivity index (χ2v) is 11.4. The molecule has 3 aromatic heterocycles. The van der Waals surface area contributed by atoms with E-state index in [9.17, 15) is 0 Å². The van der Waals surface area contributed by atoms with E-state index in [2.05, 4.69) is 0 Å². The van der Waals surface area contributed by atoms with Crippen molar-refractivity contribution in [1.29, 1.82) is 10.5 Å². The minimum absolute atomic E-state index is 0.435. The fourth-order valence-electron chi connectivity index (χ4n) is 6.14. The van der Waals surface area contributed by atoms with Crippen LogP contribution in [0.4, 0.5) is 0 Å². The van der Waals surface area contributed by atoms with Crippen LogP contribution in [0.5, 0.6) is 0 Å². The fraction of sp³-hybridized carbons (Fsp3) is 0.200. The van der Waals surface area contributed by atoms with Crippen molar-refractivity contribution in [2.75, 3.05) is 0 Å². The molecule has 5 aromatic carbocycles. The van der Waals surface area contributed by atoms with Crippen LogP contribution in [0.3, 0.4) is 0 Å². The van der Waals surface area contributed by atoms with Crippen molar-refractivity contribution in [3.05, 3.63) is 132 Å². The molecule has 0 saturated heterocycles. The van der Waals surface area contributed by atoms with Crippen LogP contribution in [0.15, 0.2) is 121 Å². The van der Waals surface area contributed by atoms with Crippen molar-refractivity contribution in [1.82, 2.24) is 39.9 Å². The molecule has 10 rings (SSSR count). The SMILES string of the molecule is CC.CC.CC.CC.CC.N#Cc1ccccc1C#N.[O]=[Ti+2].c1ccc2c(c1)-c1nc-2nc2[n-]c(nc3nc(nc4[n-]c(n1)c1ccccc41)-c1ccccc1-3)c1ccccc21. The van der Waals surface area contributed by atoms with Crippen molar-refractivity contribution < 1.29 is 23.7 Å². The Morgan fingerprint density at radius 1 is 0.355 bits per heavy atom. The van der Waals surface area contributed by atoms with Gasteiger partial charge in [0.25, 0.3) is 0 Å². The molecule has 0 spiro atoms. The van der Waals surface area contributed by atoms with Gasteiger partial charge in [-0.2, -0.15) is 10.5 Å². The van der Waals surface area contributed by atoms with Gasteiger partial charge in [-0.15, -0.1) is 0 Å². The fourth-order valence-corrected chi connectivity index (χ4v) is 6.14. The Hall–Kier alpha value is -7.05. The van der Waals surface area contributed by atoms with Crippen LogP contribution in [-0.4, -0.2) is 29.9 Å². The Bertz CT molecular complexity index is 2610. The van der Waals surface area contributed by atoms with Crippen molar-refractivity contribution in [2.45, 2.75) is 69.2 Å². The van der Waals surface area contributed by atoms with Crippen LogP contribution in [-0.2, 0) is 23.7 Å². The maximum Gasteiger partial charge on any atom is 0.0927 e. The van der Waals surface area contributed by atoms with Crippen molar-refractivity contribution >= 4 is 44.1 Å². The largest absolute Gasteiger partial charge is 0.357 e. The molecule has 2 aliphatic rings. The summed E-state index contributed by atoms with van der Waals surface area (Å²) in [4.78, 5) is 39.3. The zero-order valence-corrected chi connectivity index (χ0v) is 38.5. The van der Waals surface area contributed by atoms with Gasteiger partial charge in [0.1, 0.15) is 12.1 Å². The van der Waals surface area contributed by atoms with Gasteiger partial charge >= 0.3 is 23.7 Å². The van der Waals surface area contributed by atoms with E-state index in [1.54, 1.807) is 24.3 Å². The van der Waals surface area contributed by atoms with Gasteiger partial charge in [0.15, 0.2) is 0 Å². The van der Waals surface area contributed by atoms with E-state index >= 15 is 0 Å². The summed E-state index contributed by atoms with van der Waals surface area (Å²) in [6.45, 7) is 20.0. The number of fused-ring (bicyclic) bond motifs is 20. The molecule has 0 aliphatic carbocycles. The van der Waals surface area contributed by atoms with E-state index < -0.39 is 0 Å². The number of rotatable bonds is 0. The predicted octanol–water partition coefficient (Wildman–Crippen LogP) is 12.6. The van der Waals surface area contributed by atoms with E-state index in [-0.39, 0.29) is 0 Å². The average Bonchev–Trinajstić information content (AvgIpc) is 4.11. The molecule has 62 heavy (non-hydrogen) atoms. The molecule has 0 saturated carbocycles. The normalized spacial score (nSPS) is 9.58. The predicted molar refractivity (Wildman–Crippen MR) is 247 cm³/mol. The molecule has 0 amide bonds. The van der Waals surface area contributed by atoms with E-state index in [4.69, 9.17) is 53.7 Å². The van der Waals surface area contributed by atoms with Crippen molar-refractivity contribution in [3.63, 3.8) is 0 Å². The third-order valence-electron chi connectivity index (χ3n) is 8.50. The third kappa shape index (κ3) is 10.6. The summed E-state index contributed by atoms with van der Waals surface area (Å²) < 4.78 is 8.25. The topological polar surface area (TPSA) is 170 Å². The Labute approximate surface area is 375 Å². The molecule has 5 heterocycles. The summed E-state index contributed by atoms with van der Waals surface area (Å²) >= 11 is 0.750. The number of benzene rings is 5. The first-order valence-electron chi connectivity index (χ1n) is 20.9. The molecule has 8 aromatic rings. The zero-order valence-electron chi connectivity index (χ0n) is 36.9. The summed E-state index contributed by atoms with van der Waals surface area (Å²) in [5.74, 6) is 2.21. The quantitative estimate of drug-likeness (QED) is 0.133. The molecule has 11 nitrogen and oxygen atoms in total. The smallest absolute Gasteiger partial charge is 0.0927 e. The number of nitrogens with zero attached hydrogens (tertiary/aromatic N) is 10. The number of nitriles is 2. The van der Waals surface area contributed by atoms with E-state index in [0.717, 1.165) is 64.2 Å². The summed E-state index contributed by atoms with van der Waals surface area (Å²) in [7, 11) is 0. The maximum atomic E-state index is 8.45. The van der Waals surface area contributed by atoms with Gasteiger partial charge in [-0.1, -0.05) is 178 Å². The maximum absolute atomic E-state index is 8.45. The van der Waals surface area contributed by atoms with Crippen LogP contribution in [0, 0.1) is 22.7 Å². The molecule has 0 N–H and O–H groups in total. The molecule has 310 valence electrons. The van der Waals surface area contributed by atoms with Crippen LogP contribution in [0.1, 0.15) is 80.4 Å². The Balaban J connectivity index is 0.000000396. The second kappa shape index (κ2) is 25.5. The summed E-state index contributed by atoms with van der Waals surface area (Å²) in [5, 5.41) is 20.5. The Kier molecular flexibility index (Phi) is 20.3. The summed E-state index contributed by atoms with van der Waals surface area (Å²) in [6.07, 6.45) is 0. The molecule has 0 fully saturated rings. The molecule has 0 atom stereocenters. The van der Waals surface area contributed by atoms with Crippen molar-refractivity contribution in [3.8, 4) is 57.7 Å². The Morgan fingerprint density at radius 2 is 0.565 bits per heavy atom. The summed E-state index contributed by atoms with van der Waals surface area (Å²) in [5.41, 5.74) is 6.65. The molecule has 0 unspecified atom stereocenters. The third-order valence-corrected chi connectivity index (χ3v) is 8.50. The van der Waals surface area contributed by atoms with Gasteiger partial charge in [-0.25, -0.2) is 9.97 Å². The monoisotopic (exact) mass is 854 g/mol. The standard InChI is InChI=1S/C32H16N8.C8H4N2.5C2H6.O.Ti/c1-2-10-18-17(9-1)25-33-26(18)38-28-21-13-5-6-14-22(21)30(35-28)40-32-24-16-8-7-15-23(24)31(36-32)39-29-20-12-4-3-11-19(20)27(34-29)37-25;9-5-7-3-1-2-4-8(7)6-10;5*1-2;;/h1-16H;1-4H;5*1-2H3;;/q-2;;;;;;;;+2. The average molecular weight is 855 g/mol. The summed E-state index contributed by atoms with van der Waals surface area (Å²) in [6, 6.07) is 42.4. The molecule has 0 radical (unpaired) electrons. The van der Waals surface area contributed by atoms with Gasteiger partial charge in [0, 0.05) is 44.8 Å². The van der Waals surface area contributed by atoms with Gasteiger partial charge in [-0.05, 0) is 33.7 Å². The van der Waals surface area contributed by atoms with Crippen molar-refractivity contribution in [2.24, 2.45) is 0 Å². The molecular weight excluding hydrogens is 804 g/mol. The molecule has 12 heteroatoms. The first-order chi connectivity index (χ1) is 30.7. The minimum atomic E-state index is 0.435.